The van der Waals surface area contributed by atoms with Gasteiger partial charge in [0, 0.05) is 12.3 Å². The summed E-state index contributed by atoms with van der Waals surface area (Å²) < 4.78 is -0.218. The molecule has 1 aliphatic carbocycles. The molecule has 1 unspecified atom stereocenters. The van der Waals surface area contributed by atoms with Crippen molar-refractivity contribution in [3.05, 3.63) is 24.3 Å². The fourth-order valence-corrected chi connectivity index (χ4v) is 1.87. The van der Waals surface area contributed by atoms with Gasteiger partial charge in [-0.25, -0.2) is 0 Å². The lowest BCUT2D eigenvalue weighted by Crippen LogP contribution is -2.21. The van der Waals surface area contributed by atoms with E-state index in [0.717, 1.165) is 0 Å². The van der Waals surface area contributed by atoms with Crippen molar-refractivity contribution in [2.24, 2.45) is 5.92 Å². The van der Waals surface area contributed by atoms with E-state index < -0.39 is 0 Å². The molecule has 3 heteroatoms. The third-order valence-electron chi connectivity index (χ3n) is 1.58. The summed E-state index contributed by atoms with van der Waals surface area (Å²) in [5, 5.41) is 8.50. The van der Waals surface area contributed by atoms with E-state index in [4.69, 9.17) is 5.26 Å². The third-order valence-corrected chi connectivity index (χ3v) is 3.28. The average Bonchev–Trinajstić information content (AvgIpc) is 1.94. The first-order valence-corrected chi connectivity index (χ1v) is 4.86. The minimum atomic E-state index is -0.218. The number of nitrogens with zero attached hydrogens (tertiary/aromatic N) is 1. The molecular weight excluding hydrogens is 270 g/mol. The van der Waals surface area contributed by atoms with Crippen molar-refractivity contribution in [1.29, 1.82) is 5.26 Å². The standard InChI is InChI=1S/C8H7Br2N/c9-8(10)5-2-1-3-7(8)4-6-11/h1-3,5,7H,4H2. The van der Waals surface area contributed by atoms with Gasteiger partial charge >= 0.3 is 0 Å². The molecule has 1 rings (SSSR count). The van der Waals surface area contributed by atoms with Crippen LogP contribution in [0.5, 0.6) is 0 Å². The zero-order valence-electron chi connectivity index (χ0n) is 5.80. The minimum absolute atomic E-state index is 0.218. The SMILES string of the molecule is N#CCC1C=CC=CC1(Br)Br. The minimum Gasteiger partial charge on any atom is -0.198 e. The van der Waals surface area contributed by atoms with Gasteiger partial charge in [0.1, 0.15) is 3.23 Å². The van der Waals surface area contributed by atoms with E-state index in [2.05, 4.69) is 37.9 Å². The molecule has 11 heavy (non-hydrogen) atoms. The fraction of sp³-hybridized carbons (Fsp3) is 0.375. The van der Waals surface area contributed by atoms with E-state index in [1.807, 2.05) is 24.3 Å². The predicted molar refractivity (Wildman–Crippen MR) is 52.6 cm³/mol. The van der Waals surface area contributed by atoms with Crippen LogP contribution in [-0.2, 0) is 0 Å². The molecule has 1 nitrogen and oxygen atoms in total. The lowest BCUT2D eigenvalue weighted by atomic mass is 9.98. The van der Waals surface area contributed by atoms with E-state index in [9.17, 15) is 0 Å². The maximum Gasteiger partial charge on any atom is 0.106 e. The van der Waals surface area contributed by atoms with E-state index >= 15 is 0 Å². The largest absolute Gasteiger partial charge is 0.198 e. The lowest BCUT2D eigenvalue weighted by molar-refractivity contribution is 0.673. The second-order valence-corrected chi connectivity index (χ2v) is 6.08. The number of rotatable bonds is 1. The Morgan fingerprint density at radius 1 is 1.45 bits per heavy atom. The number of allylic oxidation sites excluding steroid dienone is 4. The highest BCUT2D eigenvalue weighted by Crippen LogP contribution is 2.40. The van der Waals surface area contributed by atoms with E-state index in [1.165, 1.54) is 0 Å². The summed E-state index contributed by atoms with van der Waals surface area (Å²) in [6.07, 6.45) is 8.46. The van der Waals surface area contributed by atoms with Crippen LogP contribution in [-0.4, -0.2) is 3.23 Å². The number of hydrogen-bond donors (Lipinski definition) is 0. The summed E-state index contributed by atoms with van der Waals surface area (Å²) in [7, 11) is 0. The first-order valence-electron chi connectivity index (χ1n) is 3.27. The van der Waals surface area contributed by atoms with Gasteiger partial charge < -0.3 is 0 Å². The Labute approximate surface area is 83.0 Å². The summed E-state index contributed by atoms with van der Waals surface area (Å²) in [4.78, 5) is 0. The number of nitriles is 1. The third kappa shape index (κ3) is 2.18. The molecule has 0 saturated heterocycles. The number of hydrogen-bond acceptors (Lipinski definition) is 1. The van der Waals surface area contributed by atoms with Gasteiger partial charge in [0.25, 0.3) is 0 Å². The molecule has 0 aromatic carbocycles. The molecule has 0 spiro atoms. The van der Waals surface area contributed by atoms with Gasteiger partial charge in [-0.15, -0.1) is 0 Å². The van der Waals surface area contributed by atoms with E-state index in [0.29, 0.717) is 6.42 Å². The second-order valence-electron chi connectivity index (χ2n) is 2.39. The molecule has 0 N–H and O–H groups in total. The van der Waals surface area contributed by atoms with Crippen LogP contribution in [0.3, 0.4) is 0 Å². The number of alkyl halides is 2. The van der Waals surface area contributed by atoms with E-state index in [1.54, 1.807) is 0 Å². The number of halogens is 2. The van der Waals surface area contributed by atoms with Crippen molar-refractivity contribution in [2.45, 2.75) is 9.65 Å². The molecule has 1 atom stereocenters. The van der Waals surface area contributed by atoms with Crippen LogP contribution >= 0.6 is 31.9 Å². The highest BCUT2D eigenvalue weighted by atomic mass is 79.9. The molecule has 0 aliphatic heterocycles. The summed E-state index contributed by atoms with van der Waals surface area (Å²) >= 11 is 6.97. The molecule has 0 aromatic heterocycles. The van der Waals surface area contributed by atoms with Crippen molar-refractivity contribution < 1.29 is 0 Å². The van der Waals surface area contributed by atoms with Crippen LogP contribution in [0.15, 0.2) is 24.3 Å². The summed E-state index contributed by atoms with van der Waals surface area (Å²) in [6, 6.07) is 2.15. The van der Waals surface area contributed by atoms with Gasteiger partial charge in [0.15, 0.2) is 0 Å². The zero-order chi connectivity index (χ0) is 8.32. The van der Waals surface area contributed by atoms with E-state index in [-0.39, 0.29) is 9.15 Å². The molecule has 0 saturated carbocycles. The molecular formula is C8H7Br2N. The molecule has 0 fully saturated rings. The van der Waals surface area contributed by atoms with Gasteiger partial charge in [-0.2, -0.15) is 5.26 Å². The van der Waals surface area contributed by atoms with Gasteiger partial charge in [0.05, 0.1) is 6.07 Å². The van der Waals surface area contributed by atoms with Gasteiger partial charge in [-0.1, -0.05) is 56.2 Å². The molecule has 0 heterocycles. The van der Waals surface area contributed by atoms with Crippen molar-refractivity contribution in [3.8, 4) is 6.07 Å². The van der Waals surface area contributed by atoms with Crippen molar-refractivity contribution in [1.82, 2.24) is 0 Å². The quantitative estimate of drug-likeness (QED) is 0.675. The Balaban J connectivity index is 2.73. The maximum absolute atomic E-state index is 8.50. The molecule has 1 aliphatic rings. The molecule has 0 bridgehead atoms. The van der Waals surface area contributed by atoms with Gasteiger partial charge in [0.2, 0.25) is 0 Å². The topological polar surface area (TPSA) is 23.8 Å². The Hall–Kier alpha value is -0.0700. The molecule has 58 valence electrons. The Morgan fingerprint density at radius 2 is 2.18 bits per heavy atom. The highest BCUT2D eigenvalue weighted by Gasteiger charge is 2.29. The smallest absolute Gasteiger partial charge is 0.106 e. The summed E-state index contributed by atoms with van der Waals surface area (Å²) in [5.74, 6) is 0.220. The molecule has 0 aromatic rings. The van der Waals surface area contributed by atoms with Crippen LogP contribution < -0.4 is 0 Å². The Morgan fingerprint density at radius 3 is 2.73 bits per heavy atom. The van der Waals surface area contributed by atoms with Crippen LogP contribution in [0.25, 0.3) is 0 Å². The highest BCUT2D eigenvalue weighted by molar-refractivity contribution is 9.25. The Bertz CT molecular complexity index is 235. The second kappa shape index (κ2) is 3.55. The fourth-order valence-electron chi connectivity index (χ4n) is 0.936. The van der Waals surface area contributed by atoms with Crippen LogP contribution in [0.4, 0.5) is 0 Å². The predicted octanol–water partition coefficient (Wildman–Crippen LogP) is 3.13. The van der Waals surface area contributed by atoms with Crippen LogP contribution in [0, 0.1) is 17.2 Å². The summed E-state index contributed by atoms with van der Waals surface area (Å²) in [6.45, 7) is 0. The zero-order valence-corrected chi connectivity index (χ0v) is 8.97. The van der Waals surface area contributed by atoms with Crippen molar-refractivity contribution in [3.63, 3.8) is 0 Å². The van der Waals surface area contributed by atoms with Gasteiger partial charge in [-0.3, -0.25) is 0 Å². The van der Waals surface area contributed by atoms with Crippen molar-refractivity contribution in [2.75, 3.05) is 0 Å². The van der Waals surface area contributed by atoms with Crippen molar-refractivity contribution >= 4 is 31.9 Å². The first-order chi connectivity index (χ1) is 5.17. The molecule has 0 amide bonds. The molecule has 0 radical (unpaired) electrons. The van der Waals surface area contributed by atoms with Crippen LogP contribution in [0.2, 0.25) is 0 Å². The first kappa shape index (κ1) is 9.02. The Kier molecular flexibility index (Phi) is 2.91. The van der Waals surface area contributed by atoms with Crippen LogP contribution in [0.1, 0.15) is 6.42 Å². The monoisotopic (exact) mass is 275 g/mol. The normalized spacial score (nSPS) is 26.5. The van der Waals surface area contributed by atoms with Gasteiger partial charge in [-0.05, 0) is 0 Å². The maximum atomic E-state index is 8.50. The summed E-state index contributed by atoms with van der Waals surface area (Å²) in [5.41, 5.74) is 0. The lowest BCUT2D eigenvalue weighted by Gasteiger charge is -2.25. The average molecular weight is 277 g/mol.